The number of carbonyl (C=O) groups is 1. The van der Waals surface area contributed by atoms with E-state index in [1.54, 1.807) is 18.2 Å². The summed E-state index contributed by atoms with van der Waals surface area (Å²) in [5, 5.41) is 5.13. The number of amides is 1. The van der Waals surface area contributed by atoms with Gasteiger partial charge in [0.15, 0.2) is 0 Å². The standard InChI is InChI=1S/C21H17N3O3S/c22-20-18(16-8-10-17(11-9-16)28(24,26)27)12-15(13-19(20)21(23)25)7-6-14-4-2-1-3-5-14/h1-5,8-13H,22H2,(H2,23,25)(H2,24,26,27). The molecule has 0 atom stereocenters. The molecule has 7 heteroatoms. The molecule has 0 aromatic heterocycles. The number of primary sulfonamides is 1. The molecular weight excluding hydrogens is 374 g/mol. The number of hydrogen-bond acceptors (Lipinski definition) is 4. The van der Waals surface area contributed by atoms with Gasteiger partial charge in [0.05, 0.1) is 16.1 Å². The van der Waals surface area contributed by atoms with Crippen molar-refractivity contribution in [3.05, 3.63) is 83.4 Å². The van der Waals surface area contributed by atoms with Crippen LogP contribution in [0.5, 0.6) is 0 Å². The van der Waals surface area contributed by atoms with Crippen molar-refractivity contribution in [2.75, 3.05) is 5.73 Å². The van der Waals surface area contributed by atoms with Crippen LogP contribution in [0.15, 0.2) is 71.6 Å². The number of rotatable bonds is 3. The highest BCUT2D eigenvalue weighted by Crippen LogP contribution is 2.30. The molecule has 1 amide bonds. The first-order chi connectivity index (χ1) is 13.3. The summed E-state index contributed by atoms with van der Waals surface area (Å²) in [6, 6.07) is 18.5. The van der Waals surface area contributed by atoms with Crippen molar-refractivity contribution in [1.29, 1.82) is 0 Å². The Morgan fingerprint density at radius 1 is 0.857 bits per heavy atom. The minimum Gasteiger partial charge on any atom is -0.398 e. The number of benzene rings is 3. The van der Waals surface area contributed by atoms with Crippen LogP contribution in [0, 0.1) is 11.8 Å². The number of nitrogens with two attached hydrogens (primary N) is 3. The van der Waals surface area contributed by atoms with Crippen molar-refractivity contribution >= 4 is 21.6 Å². The van der Waals surface area contributed by atoms with Gasteiger partial charge in [-0.3, -0.25) is 4.79 Å². The average Bonchev–Trinajstić information content (AvgIpc) is 2.67. The molecule has 0 radical (unpaired) electrons. The van der Waals surface area contributed by atoms with Crippen LogP contribution in [0.25, 0.3) is 11.1 Å². The summed E-state index contributed by atoms with van der Waals surface area (Å²) in [6.45, 7) is 0. The molecule has 0 aliphatic carbocycles. The fraction of sp³-hybridized carbons (Fsp3) is 0. The number of primary amides is 1. The van der Waals surface area contributed by atoms with Gasteiger partial charge in [-0.25, -0.2) is 13.6 Å². The van der Waals surface area contributed by atoms with Crippen molar-refractivity contribution in [2.45, 2.75) is 4.90 Å². The molecule has 0 saturated carbocycles. The van der Waals surface area contributed by atoms with E-state index in [0.29, 0.717) is 16.7 Å². The second kappa shape index (κ2) is 7.56. The van der Waals surface area contributed by atoms with Gasteiger partial charge in [0.1, 0.15) is 0 Å². The number of hydrogen-bond donors (Lipinski definition) is 3. The fourth-order valence-electron chi connectivity index (χ4n) is 2.66. The molecular formula is C21H17N3O3S. The topological polar surface area (TPSA) is 129 Å². The lowest BCUT2D eigenvalue weighted by atomic mass is 9.97. The highest BCUT2D eigenvalue weighted by molar-refractivity contribution is 7.89. The SMILES string of the molecule is NC(=O)c1cc(C#Cc2ccccc2)cc(-c2ccc(S(N)(=O)=O)cc2)c1N. The first-order valence-electron chi connectivity index (χ1n) is 8.19. The monoisotopic (exact) mass is 391 g/mol. The molecule has 6 nitrogen and oxygen atoms in total. The number of anilines is 1. The second-order valence-electron chi connectivity index (χ2n) is 6.03. The van der Waals surface area contributed by atoms with E-state index < -0.39 is 15.9 Å². The molecule has 140 valence electrons. The van der Waals surface area contributed by atoms with Gasteiger partial charge in [-0.15, -0.1) is 0 Å². The van der Waals surface area contributed by atoms with Gasteiger partial charge < -0.3 is 11.5 Å². The lowest BCUT2D eigenvalue weighted by Gasteiger charge is -2.11. The third-order valence-corrected chi connectivity index (χ3v) is 4.99. The maximum Gasteiger partial charge on any atom is 0.250 e. The van der Waals surface area contributed by atoms with Crippen molar-refractivity contribution in [3.8, 4) is 23.0 Å². The Morgan fingerprint density at radius 3 is 2.04 bits per heavy atom. The molecule has 0 aliphatic heterocycles. The van der Waals surface area contributed by atoms with Gasteiger partial charge in [-0.05, 0) is 42.0 Å². The summed E-state index contributed by atoms with van der Waals surface area (Å²) in [7, 11) is -3.81. The molecule has 0 unspecified atom stereocenters. The van der Waals surface area contributed by atoms with E-state index in [1.807, 2.05) is 30.3 Å². The van der Waals surface area contributed by atoms with E-state index in [1.165, 1.54) is 18.2 Å². The molecule has 6 N–H and O–H groups in total. The fourth-order valence-corrected chi connectivity index (χ4v) is 3.17. The van der Waals surface area contributed by atoms with Crippen LogP contribution < -0.4 is 16.6 Å². The smallest absolute Gasteiger partial charge is 0.250 e. The average molecular weight is 391 g/mol. The minimum atomic E-state index is -3.81. The molecule has 0 heterocycles. The predicted octanol–water partition coefficient (Wildman–Crippen LogP) is 2.08. The number of sulfonamides is 1. The molecule has 3 rings (SSSR count). The van der Waals surface area contributed by atoms with Gasteiger partial charge >= 0.3 is 0 Å². The summed E-state index contributed by atoms with van der Waals surface area (Å²) in [6.07, 6.45) is 0. The van der Waals surface area contributed by atoms with Crippen LogP contribution in [-0.2, 0) is 10.0 Å². The van der Waals surface area contributed by atoms with Crippen LogP contribution in [0.4, 0.5) is 5.69 Å². The highest BCUT2D eigenvalue weighted by Gasteiger charge is 2.14. The van der Waals surface area contributed by atoms with Crippen molar-refractivity contribution < 1.29 is 13.2 Å². The normalized spacial score (nSPS) is 10.8. The quantitative estimate of drug-likeness (QED) is 0.466. The van der Waals surface area contributed by atoms with E-state index >= 15 is 0 Å². The lowest BCUT2D eigenvalue weighted by Crippen LogP contribution is -2.14. The predicted molar refractivity (Wildman–Crippen MR) is 109 cm³/mol. The Morgan fingerprint density at radius 2 is 1.46 bits per heavy atom. The first-order valence-corrected chi connectivity index (χ1v) is 9.74. The van der Waals surface area contributed by atoms with E-state index in [2.05, 4.69) is 11.8 Å². The van der Waals surface area contributed by atoms with Crippen molar-refractivity contribution in [3.63, 3.8) is 0 Å². The molecule has 0 spiro atoms. The van der Waals surface area contributed by atoms with Crippen LogP contribution in [0.1, 0.15) is 21.5 Å². The number of carbonyl (C=O) groups excluding carboxylic acids is 1. The van der Waals surface area contributed by atoms with Crippen LogP contribution in [0.2, 0.25) is 0 Å². The summed E-state index contributed by atoms with van der Waals surface area (Å²) in [4.78, 5) is 11.8. The second-order valence-corrected chi connectivity index (χ2v) is 7.60. The zero-order chi connectivity index (χ0) is 20.3. The van der Waals surface area contributed by atoms with E-state index in [4.69, 9.17) is 16.6 Å². The minimum absolute atomic E-state index is 0.0232. The maximum atomic E-state index is 11.8. The molecule has 3 aromatic carbocycles. The van der Waals surface area contributed by atoms with E-state index in [-0.39, 0.29) is 16.1 Å². The van der Waals surface area contributed by atoms with Gasteiger partial charge in [0.25, 0.3) is 5.91 Å². The Hall–Kier alpha value is -3.60. The third-order valence-electron chi connectivity index (χ3n) is 4.06. The molecule has 0 saturated heterocycles. The maximum absolute atomic E-state index is 11.8. The zero-order valence-electron chi connectivity index (χ0n) is 14.7. The largest absolute Gasteiger partial charge is 0.398 e. The molecule has 0 bridgehead atoms. The Labute approximate surface area is 163 Å². The Balaban J connectivity index is 2.12. The molecule has 0 fully saturated rings. The van der Waals surface area contributed by atoms with Crippen LogP contribution >= 0.6 is 0 Å². The van der Waals surface area contributed by atoms with Gasteiger partial charge in [-0.1, -0.05) is 42.2 Å². The van der Waals surface area contributed by atoms with Gasteiger partial charge in [-0.2, -0.15) is 0 Å². The van der Waals surface area contributed by atoms with Crippen molar-refractivity contribution in [2.24, 2.45) is 10.9 Å². The lowest BCUT2D eigenvalue weighted by molar-refractivity contribution is 0.100. The zero-order valence-corrected chi connectivity index (χ0v) is 15.5. The summed E-state index contributed by atoms with van der Waals surface area (Å²) in [5.41, 5.74) is 14.4. The first kappa shape index (κ1) is 19.2. The van der Waals surface area contributed by atoms with Crippen LogP contribution in [-0.4, -0.2) is 14.3 Å². The third kappa shape index (κ3) is 4.20. The van der Waals surface area contributed by atoms with Crippen LogP contribution in [0.3, 0.4) is 0 Å². The van der Waals surface area contributed by atoms with Crippen molar-refractivity contribution in [1.82, 2.24) is 0 Å². The summed E-state index contributed by atoms with van der Waals surface area (Å²) < 4.78 is 22.9. The summed E-state index contributed by atoms with van der Waals surface area (Å²) in [5.74, 6) is 5.34. The Bertz CT molecular complexity index is 1210. The van der Waals surface area contributed by atoms with Gasteiger partial charge in [0, 0.05) is 16.7 Å². The molecule has 28 heavy (non-hydrogen) atoms. The highest BCUT2D eigenvalue weighted by atomic mass is 32.2. The van der Waals surface area contributed by atoms with Gasteiger partial charge in [0.2, 0.25) is 10.0 Å². The van der Waals surface area contributed by atoms with E-state index in [9.17, 15) is 13.2 Å². The molecule has 0 aliphatic rings. The Kier molecular flexibility index (Phi) is 5.18. The molecule has 3 aromatic rings. The number of nitrogen functional groups attached to an aromatic ring is 1. The van der Waals surface area contributed by atoms with E-state index in [0.717, 1.165) is 5.56 Å². The summed E-state index contributed by atoms with van der Waals surface area (Å²) >= 11 is 0.